The fourth-order valence-corrected chi connectivity index (χ4v) is 2.43. The third-order valence-corrected chi connectivity index (χ3v) is 3.74. The summed E-state index contributed by atoms with van der Waals surface area (Å²) < 4.78 is 5.54. The standard InChI is InChI=1S/C20H18N2O3/c1-14(25-16-8-3-2-4-9-16)20(24)22-21-13-18-17-10-6-5-7-15(17)11-12-19(18)23/h2-14,23H,1H3,(H,22,24)/b21-13-/t14-/m1/s1. The number of hydrogen-bond donors (Lipinski definition) is 2. The quantitative estimate of drug-likeness (QED) is 0.554. The Morgan fingerprint density at radius 1 is 1.08 bits per heavy atom. The monoisotopic (exact) mass is 334 g/mol. The van der Waals surface area contributed by atoms with Gasteiger partial charge in [-0.1, -0.05) is 48.5 Å². The van der Waals surface area contributed by atoms with Gasteiger partial charge in [-0.3, -0.25) is 4.79 Å². The highest BCUT2D eigenvalue weighted by Crippen LogP contribution is 2.25. The lowest BCUT2D eigenvalue weighted by atomic mass is 10.0. The van der Waals surface area contributed by atoms with Gasteiger partial charge in [0.05, 0.1) is 6.21 Å². The zero-order chi connectivity index (χ0) is 17.6. The van der Waals surface area contributed by atoms with Gasteiger partial charge in [0.15, 0.2) is 6.10 Å². The third-order valence-electron chi connectivity index (χ3n) is 3.74. The number of hydrazone groups is 1. The Balaban J connectivity index is 1.69. The number of para-hydroxylation sites is 1. The van der Waals surface area contributed by atoms with Gasteiger partial charge in [-0.15, -0.1) is 0 Å². The van der Waals surface area contributed by atoms with Gasteiger partial charge in [0.2, 0.25) is 0 Å². The van der Waals surface area contributed by atoms with Crippen LogP contribution in [0.25, 0.3) is 10.8 Å². The molecule has 3 rings (SSSR count). The minimum atomic E-state index is -0.694. The summed E-state index contributed by atoms with van der Waals surface area (Å²) >= 11 is 0. The Morgan fingerprint density at radius 3 is 2.60 bits per heavy atom. The number of fused-ring (bicyclic) bond motifs is 1. The molecule has 0 aliphatic carbocycles. The van der Waals surface area contributed by atoms with Crippen LogP contribution in [0.3, 0.4) is 0 Å². The van der Waals surface area contributed by atoms with E-state index in [0.717, 1.165) is 10.8 Å². The molecule has 0 saturated carbocycles. The van der Waals surface area contributed by atoms with Crippen molar-refractivity contribution in [1.82, 2.24) is 5.43 Å². The van der Waals surface area contributed by atoms with Crippen molar-refractivity contribution in [3.63, 3.8) is 0 Å². The van der Waals surface area contributed by atoms with E-state index in [-0.39, 0.29) is 11.7 Å². The number of carbonyl (C=O) groups is 1. The highest BCUT2D eigenvalue weighted by molar-refractivity contribution is 6.02. The minimum absolute atomic E-state index is 0.102. The number of phenols is 1. The number of nitrogens with one attached hydrogen (secondary N) is 1. The van der Waals surface area contributed by atoms with Crippen molar-refractivity contribution in [2.45, 2.75) is 13.0 Å². The Morgan fingerprint density at radius 2 is 1.80 bits per heavy atom. The van der Waals surface area contributed by atoms with Gasteiger partial charge in [-0.05, 0) is 35.9 Å². The largest absolute Gasteiger partial charge is 0.507 e. The van der Waals surface area contributed by atoms with E-state index in [2.05, 4.69) is 10.5 Å². The molecular formula is C20H18N2O3. The maximum absolute atomic E-state index is 12.1. The second-order valence-corrected chi connectivity index (χ2v) is 5.53. The van der Waals surface area contributed by atoms with Crippen molar-refractivity contribution in [2.75, 3.05) is 0 Å². The molecule has 0 bridgehead atoms. The first-order valence-electron chi connectivity index (χ1n) is 7.90. The van der Waals surface area contributed by atoms with Crippen molar-refractivity contribution in [1.29, 1.82) is 0 Å². The van der Waals surface area contributed by atoms with Crippen LogP contribution in [0.15, 0.2) is 71.8 Å². The van der Waals surface area contributed by atoms with Gasteiger partial charge in [0.25, 0.3) is 5.91 Å². The molecule has 2 N–H and O–H groups in total. The van der Waals surface area contributed by atoms with Crippen molar-refractivity contribution >= 4 is 22.9 Å². The second kappa shape index (κ2) is 7.49. The zero-order valence-electron chi connectivity index (χ0n) is 13.7. The molecule has 0 aromatic heterocycles. The van der Waals surface area contributed by atoms with Gasteiger partial charge in [-0.25, -0.2) is 5.43 Å². The van der Waals surface area contributed by atoms with Crippen LogP contribution >= 0.6 is 0 Å². The molecule has 0 fully saturated rings. The second-order valence-electron chi connectivity index (χ2n) is 5.53. The van der Waals surface area contributed by atoms with Crippen LogP contribution in [0.4, 0.5) is 0 Å². The first kappa shape index (κ1) is 16.5. The molecule has 0 radical (unpaired) electrons. The van der Waals surface area contributed by atoms with Crippen LogP contribution in [0.1, 0.15) is 12.5 Å². The summed E-state index contributed by atoms with van der Waals surface area (Å²) in [5.74, 6) is 0.339. The van der Waals surface area contributed by atoms with E-state index >= 15 is 0 Å². The number of carbonyl (C=O) groups excluding carboxylic acids is 1. The first-order valence-corrected chi connectivity index (χ1v) is 7.90. The normalized spacial score (nSPS) is 12.2. The van der Waals surface area contributed by atoms with E-state index in [4.69, 9.17) is 4.74 Å². The fraction of sp³-hybridized carbons (Fsp3) is 0.100. The topological polar surface area (TPSA) is 70.9 Å². The maximum atomic E-state index is 12.1. The Labute approximate surface area is 145 Å². The molecule has 0 heterocycles. The van der Waals surface area contributed by atoms with Crippen molar-refractivity contribution in [3.05, 3.63) is 72.3 Å². The van der Waals surface area contributed by atoms with Crippen LogP contribution in [-0.2, 0) is 4.79 Å². The highest BCUT2D eigenvalue weighted by atomic mass is 16.5. The molecule has 3 aromatic rings. The molecule has 0 aliphatic heterocycles. The van der Waals surface area contributed by atoms with Gasteiger partial charge in [-0.2, -0.15) is 5.10 Å². The Kier molecular flexibility index (Phi) is 4.95. The first-order chi connectivity index (χ1) is 12.1. The fourth-order valence-electron chi connectivity index (χ4n) is 2.43. The molecule has 0 aliphatic rings. The number of ether oxygens (including phenoxy) is 1. The van der Waals surface area contributed by atoms with E-state index in [1.54, 1.807) is 25.1 Å². The summed E-state index contributed by atoms with van der Waals surface area (Å²) in [7, 11) is 0. The average molecular weight is 334 g/mol. The molecular weight excluding hydrogens is 316 g/mol. The number of phenolic OH excluding ortho intramolecular Hbond substituents is 1. The summed E-state index contributed by atoms with van der Waals surface area (Å²) in [5, 5.41) is 15.8. The number of hydrogen-bond acceptors (Lipinski definition) is 4. The van der Waals surface area contributed by atoms with Crippen LogP contribution in [0.2, 0.25) is 0 Å². The zero-order valence-corrected chi connectivity index (χ0v) is 13.7. The molecule has 126 valence electrons. The number of benzene rings is 3. The molecule has 5 heteroatoms. The average Bonchev–Trinajstić information content (AvgIpc) is 2.64. The lowest BCUT2D eigenvalue weighted by Crippen LogP contribution is -2.33. The SMILES string of the molecule is C[C@@H](Oc1ccccc1)C(=O)N/N=C\c1c(O)ccc2ccccc12. The number of aromatic hydroxyl groups is 1. The summed E-state index contributed by atoms with van der Waals surface area (Å²) in [6.07, 6.45) is 0.741. The molecule has 3 aromatic carbocycles. The highest BCUT2D eigenvalue weighted by Gasteiger charge is 2.13. The van der Waals surface area contributed by atoms with E-state index in [0.29, 0.717) is 11.3 Å². The van der Waals surface area contributed by atoms with Crippen LogP contribution < -0.4 is 10.2 Å². The van der Waals surface area contributed by atoms with Crippen molar-refractivity contribution in [3.8, 4) is 11.5 Å². The van der Waals surface area contributed by atoms with Crippen LogP contribution in [0, 0.1) is 0 Å². The lowest BCUT2D eigenvalue weighted by Gasteiger charge is -2.12. The predicted octanol–water partition coefficient (Wildman–Crippen LogP) is 3.46. The Bertz CT molecular complexity index is 907. The van der Waals surface area contributed by atoms with Gasteiger partial charge >= 0.3 is 0 Å². The van der Waals surface area contributed by atoms with Crippen LogP contribution in [-0.4, -0.2) is 23.3 Å². The van der Waals surface area contributed by atoms with E-state index in [9.17, 15) is 9.90 Å². The number of amides is 1. The smallest absolute Gasteiger partial charge is 0.280 e. The van der Waals surface area contributed by atoms with E-state index < -0.39 is 6.10 Å². The van der Waals surface area contributed by atoms with Gasteiger partial charge in [0.1, 0.15) is 11.5 Å². The molecule has 0 spiro atoms. The Hall–Kier alpha value is -3.34. The lowest BCUT2D eigenvalue weighted by molar-refractivity contribution is -0.127. The van der Waals surface area contributed by atoms with Crippen molar-refractivity contribution in [2.24, 2.45) is 5.10 Å². The summed E-state index contributed by atoms with van der Waals surface area (Å²) in [6, 6.07) is 20.2. The molecule has 0 unspecified atom stereocenters. The third kappa shape index (κ3) is 3.95. The van der Waals surface area contributed by atoms with Gasteiger partial charge in [0, 0.05) is 5.56 Å². The summed E-state index contributed by atoms with van der Waals surface area (Å²) in [6.45, 7) is 1.65. The molecule has 1 amide bonds. The molecule has 25 heavy (non-hydrogen) atoms. The molecule has 0 saturated heterocycles. The van der Waals surface area contributed by atoms with E-state index in [1.165, 1.54) is 6.21 Å². The predicted molar refractivity (Wildman–Crippen MR) is 97.9 cm³/mol. The molecule has 1 atom stereocenters. The minimum Gasteiger partial charge on any atom is -0.507 e. The van der Waals surface area contributed by atoms with Crippen molar-refractivity contribution < 1.29 is 14.6 Å². The number of rotatable bonds is 5. The van der Waals surface area contributed by atoms with Crippen LogP contribution in [0.5, 0.6) is 11.5 Å². The summed E-state index contributed by atoms with van der Waals surface area (Å²) in [4.78, 5) is 12.1. The molecule has 5 nitrogen and oxygen atoms in total. The van der Waals surface area contributed by atoms with E-state index in [1.807, 2.05) is 48.5 Å². The summed E-state index contributed by atoms with van der Waals surface area (Å²) in [5.41, 5.74) is 2.99. The maximum Gasteiger partial charge on any atom is 0.280 e. The van der Waals surface area contributed by atoms with Gasteiger partial charge < -0.3 is 9.84 Å². The number of nitrogens with zero attached hydrogens (tertiary/aromatic N) is 1.